The molecule has 0 unspecified atom stereocenters. The van der Waals surface area contributed by atoms with Gasteiger partial charge in [0.15, 0.2) is 5.76 Å². The van der Waals surface area contributed by atoms with Crippen LogP contribution in [0.2, 0.25) is 0 Å². The lowest BCUT2D eigenvalue weighted by molar-refractivity contribution is -0.132. The molecule has 1 aromatic heterocycles. The molecule has 2 heterocycles. The van der Waals surface area contributed by atoms with Gasteiger partial charge < -0.3 is 9.42 Å². The number of hydrogen-bond acceptors (Lipinski definition) is 3. The fraction of sp³-hybridized carbons (Fsp3) is 0.412. The third-order valence-corrected chi connectivity index (χ3v) is 3.88. The highest BCUT2D eigenvalue weighted by molar-refractivity contribution is 5.77. The Kier molecular flexibility index (Phi) is 3.96. The van der Waals surface area contributed by atoms with Gasteiger partial charge in [0.2, 0.25) is 5.91 Å². The number of nitrogens with zero attached hydrogens (tertiary/aromatic N) is 2. The molecule has 0 spiro atoms. The van der Waals surface area contributed by atoms with Crippen LogP contribution in [0.1, 0.15) is 31.5 Å². The van der Waals surface area contributed by atoms with Gasteiger partial charge in [0.25, 0.3) is 0 Å². The maximum absolute atomic E-state index is 13.1. The molecule has 0 aliphatic carbocycles. The van der Waals surface area contributed by atoms with E-state index in [1.165, 1.54) is 12.1 Å². The van der Waals surface area contributed by atoms with Crippen molar-refractivity contribution in [3.8, 4) is 11.3 Å². The lowest BCUT2D eigenvalue weighted by Gasteiger charge is -2.27. The molecular formula is C17H19FN2O2. The van der Waals surface area contributed by atoms with E-state index in [2.05, 4.69) is 5.16 Å². The lowest BCUT2D eigenvalue weighted by Crippen LogP contribution is -2.36. The quantitative estimate of drug-likeness (QED) is 0.873. The summed E-state index contributed by atoms with van der Waals surface area (Å²) in [6.45, 7) is 5.26. The Bertz CT molecular complexity index is 676. The van der Waals surface area contributed by atoms with Gasteiger partial charge in [-0.1, -0.05) is 19.0 Å². The van der Waals surface area contributed by atoms with E-state index in [1.807, 2.05) is 18.7 Å². The molecule has 116 valence electrons. The highest BCUT2D eigenvalue weighted by atomic mass is 19.1. The zero-order chi connectivity index (χ0) is 15.7. The van der Waals surface area contributed by atoms with Gasteiger partial charge in [0.05, 0.1) is 12.2 Å². The monoisotopic (exact) mass is 302 g/mol. The predicted molar refractivity (Wildman–Crippen MR) is 80.5 cm³/mol. The predicted octanol–water partition coefficient (Wildman–Crippen LogP) is 3.41. The molecule has 1 amide bonds. The first-order chi connectivity index (χ1) is 10.5. The number of carbonyl (C=O) groups is 1. The van der Waals surface area contributed by atoms with Gasteiger partial charge in [-0.25, -0.2) is 4.39 Å². The van der Waals surface area contributed by atoms with Crippen LogP contribution in [-0.2, 0) is 17.8 Å². The summed E-state index contributed by atoms with van der Waals surface area (Å²) in [7, 11) is 0. The van der Waals surface area contributed by atoms with E-state index in [-0.39, 0.29) is 11.7 Å². The summed E-state index contributed by atoms with van der Waals surface area (Å²) in [5.74, 6) is 0.850. The van der Waals surface area contributed by atoms with E-state index in [9.17, 15) is 9.18 Å². The summed E-state index contributed by atoms with van der Waals surface area (Å²) >= 11 is 0. The summed E-state index contributed by atoms with van der Waals surface area (Å²) in [6.07, 6.45) is 1.25. The summed E-state index contributed by atoms with van der Waals surface area (Å²) in [5, 5.41) is 4.10. The molecule has 0 radical (unpaired) electrons. The molecule has 1 aliphatic heterocycles. The number of rotatable bonds is 3. The molecule has 0 bridgehead atoms. The van der Waals surface area contributed by atoms with Crippen LogP contribution in [0.4, 0.5) is 4.39 Å². The van der Waals surface area contributed by atoms with Gasteiger partial charge in [0, 0.05) is 30.5 Å². The molecule has 0 saturated carbocycles. The Labute approximate surface area is 128 Å². The number of benzene rings is 1. The highest BCUT2D eigenvalue weighted by Gasteiger charge is 2.27. The average Bonchev–Trinajstić information content (AvgIpc) is 2.90. The van der Waals surface area contributed by atoms with Crippen LogP contribution in [-0.4, -0.2) is 22.5 Å². The van der Waals surface area contributed by atoms with Gasteiger partial charge in [0.1, 0.15) is 5.82 Å². The van der Waals surface area contributed by atoms with Crippen LogP contribution < -0.4 is 0 Å². The Balaban J connectivity index is 1.85. The molecule has 0 N–H and O–H groups in total. The SMILES string of the molecule is CC(C)CC(=O)N1CCc2noc(-c3ccc(F)cc3)c2C1. The third kappa shape index (κ3) is 2.89. The van der Waals surface area contributed by atoms with Crippen molar-refractivity contribution >= 4 is 5.91 Å². The number of halogens is 1. The molecule has 1 aromatic carbocycles. The smallest absolute Gasteiger partial charge is 0.223 e. The molecule has 4 nitrogen and oxygen atoms in total. The van der Waals surface area contributed by atoms with Crippen molar-refractivity contribution in [1.29, 1.82) is 0 Å². The molecule has 0 fully saturated rings. The Morgan fingerprint density at radius 1 is 1.36 bits per heavy atom. The fourth-order valence-corrected chi connectivity index (χ4v) is 2.73. The largest absolute Gasteiger partial charge is 0.356 e. The Morgan fingerprint density at radius 2 is 2.09 bits per heavy atom. The van der Waals surface area contributed by atoms with Crippen LogP contribution in [0.15, 0.2) is 28.8 Å². The van der Waals surface area contributed by atoms with Crippen LogP contribution in [0.3, 0.4) is 0 Å². The first-order valence-electron chi connectivity index (χ1n) is 7.55. The van der Waals surface area contributed by atoms with Gasteiger partial charge in [-0.05, 0) is 30.2 Å². The van der Waals surface area contributed by atoms with Crippen LogP contribution in [0, 0.1) is 11.7 Å². The molecule has 3 rings (SSSR count). The van der Waals surface area contributed by atoms with Gasteiger partial charge in [-0.3, -0.25) is 4.79 Å². The van der Waals surface area contributed by atoms with Crippen molar-refractivity contribution in [2.75, 3.05) is 6.54 Å². The van der Waals surface area contributed by atoms with Crippen molar-refractivity contribution in [3.63, 3.8) is 0 Å². The normalized spacial score (nSPS) is 14.3. The molecule has 1 aliphatic rings. The molecule has 5 heteroatoms. The molecule has 0 atom stereocenters. The summed E-state index contributed by atoms with van der Waals surface area (Å²) < 4.78 is 18.5. The van der Waals surface area contributed by atoms with Crippen molar-refractivity contribution in [3.05, 3.63) is 41.3 Å². The molecule has 22 heavy (non-hydrogen) atoms. The number of amides is 1. The minimum Gasteiger partial charge on any atom is -0.356 e. The van der Waals surface area contributed by atoms with Gasteiger partial charge in [-0.15, -0.1) is 0 Å². The minimum atomic E-state index is -0.286. The molecule has 2 aromatic rings. The Hall–Kier alpha value is -2.17. The standard InChI is InChI=1S/C17H19FN2O2/c1-11(2)9-16(21)20-8-7-15-14(10-20)17(22-19-15)12-3-5-13(18)6-4-12/h3-6,11H,7-10H2,1-2H3. The van der Waals surface area contributed by atoms with E-state index in [0.717, 1.165) is 16.8 Å². The van der Waals surface area contributed by atoms with Crippen molar-refractivity contribution in [1.82, 2.24) is 10.1 Å². The zero-order valence-corrected chi connectivity index (χ0v) is 12.8. The molecule has 0 saturated heterocycles. The van der Waals surface area contributed by atoms with Gasteiger partial charge in [-0.2, -0.15) is 0 Å². The number of aromatic nitrogens is 1. The topological polar surface area (TPSA) is 46.3 Å². The maximum atomic E-state index is 13.1. The maximum Gasteiger partial charge on any atom is 0.223 e. The van der Waals surface area contributed by atoms with E-state index < -0.39 is 0 Å². The van der Waals surface area contributed by atoms with E-state index >= 15 is 0 Å². The number of fused-ring (bicyclic) bond motifs is 1. The molecular weight excluding hydrogens is 283 g/mol. The van der Waals surface area contributed by atoms with Crippen LogP contribution >= 0.6 is 0 Å². The first-order valence-corrected chi connectivity index (χ1v) is 7.55. The van der Waals surface area contributed by atoms with Gasteiger partial charge >= 0.3 is 0 Å². The zero-order valence-electron chi connectivity index (χ0n) is 12.8. The highest BCUT2D eigenvalue weighted by Crippen LogP contribution is 2.30. The Morgan fingerprint density at radius 3 is 2.77 bits per heavy atom. The average molecular weight is 302 g/mol. The summed E-state index contributed by atoms with van der Waals surface area (Å²) in [6, 6.07) is 6.14. The second-order valence-electron chi connectivity index (χ2n) is 6.11. The minimum absolute atomic E-state index is 0.159. The summed E-state index contributed by atoms with van der Waals surface area (Å²) in [5.41, 5.74) is 2.62. The van der Waals surface area contributed by atoms with Crippen LogP contribution in [0.5, 0.6) is 0 Å². The van der Waals surface area contributed by atoms with Crippen molar-refractivity contribution < 1.29 is 13.7 Å². The first kappa shape index (κ1) is 14.8. The van der Waals surface area contributed by atoms with E-state index in [4.69, 9.17) is 4.52 Å². The fourth-order valence-electron chi connectivity index (χ4n) is 2.73. The number of hydrogen-bond donors (Lipinski definition) is 0. The van der Waals surface area contributed by atoms with E-state index in [0.29, 0.717) is 37.6 Å². The lowest BCUT2D eigenvalue weighted by atomic mass is 10.0. The summed E-state index contributed by atoms with van der Waals surface area (Å²) in [4.78, 5) is 14.1. The van der Waals surface area contributed by atoms with Crippen molar-refractivity contribution in [2.45, 2.75) is 33.2 Å². The second kappa shape index (κ2) is 5.91. The second-order valence-corrected chi connectivity index (χ2v) is 6.11. The van der Waals surface area contributed by atoms with Crippen molar-refractivity contribution in [2.24, 2.45) is 5.92 Å². The number of carbonyl (C=O) groups excluding carboxylic acids is 1. The van der Waals surface area contributed by atoms with Crippen LogP contribution in [0.25, 0.3) is 11.3 Å². The third-order valence-electron chi connectivity index (χ3n) is 3.88. The van der Waals surface area contributed by atoms with E-state index in [1.54, 1.807) is 12.1 Å².